The summed E-state index contributed by atoms with van der Waals surface area (Å²) in [4.78, 5) is 13.8. The van der Waals surface area contributed by atoms with E-state index in [-0.39, 0.29) is 23.0 Å². The maximum absolute atomic E-state index is 12.1. The topological polar surface area (TPSA) is 60.8 Å². The van der Waals surface area contributed by atoms with E-state index in [1.807, 2.05) is 0 Å². The molecule has 0 saturated carbocycles. The first kappa shape index (κ1) is 12.2. The fourth-order valence-electron chi connectivity index (χ4n) is 2.02. The second-order valence-corrected chi connectivity index (χ2v) is 4.88. The van der Waals surface area contributed by atoms with Crippen LogP contribution in [0.25, 0.3) is 0 Å². The maximum Gasteiger partial charge on any atom is 0.257 e. The lowest BCUT2D eigenvalue weighted by atomic mass is 10.1. The van der Waals surface area contributed by atoms with E-state index in [1.165, 1.54) is 12.1 Å². The molecule has 1 unspecified atom stereocenters. The molecule has 2 rings (SSSR count). The van der Waals surface area contributed by atoms with Gasteiger partial charge in [-0.2, -0.15) is 0 Å². The molecule has 1 aromatic carbocycles. The van der Waals surface area contributed by atoms with Gasteiger partial charge in [-0.25, -0.2) is 0 Å². The predicted octanol–water partition coefficient (Wildman–Crippen LogP) is 1.95. The van der Waals surface area contributed by atoms with E-state index in [1.54, 1.807) is 11.0 Å². The molecule has 1 aromatic rings. The molecule has 4 nitrogen and oxygen atoms in total. The Balaban J connectivity index is 2.18. The van der Waals surface area contributed by atoms with Gasteiger partial charge in [-0.3, -0.25) is 4.79 Å². The second kappa shape index (κ2) is 4.96. The molecule has 92 valence electrons. The van der Waals surface area contributed by atoms with Crippen molar-refractivity contribution in [2.75, 3.05) is 18.4 Å². The summed E-state index contributed by atoms with van der Waals surface area (Å²) in [6.45, 7) is 1.39. The summed E-state index contributed by atoms with van der Waals surface area (Å²) in [6.07, 6.45) is 0.969. The molecule has 0 spiro atoms. The lowest BCUT2D eigenvalue weighted by Crippen LogP contribution is -2.28. The molecule has 1 amide bonds. The van der Waals surface area contributed by atoms with Gasteiger partial charge in [0.2, 0.25) is 0 Å². The van der Waals surface area contributed by atoms with E-state index in [9.17, 15) is 15.0 Å². The summed E-state index contributed by atoms with van der Waals surface area (Å²) in [5.74, 6) is -0.341. The van der Waals surface area contributed by atoms with Gasteiger partial charge in [-0.05, 0) is 24.5 Å². The summed E-state index contributed by atoms with van der Waals surface area (Å²) in [6, 6.07) is 4.44. The Bertz CT molecular complexity index is 436. The van der Waals surface area contributed by atoms with Crippen molar-refractivity contribution in [2.24, 2.45) is 5.92 Å². The highest BCUT2D eigenvalue weighted by Gasteiger charge is 2.28. The molecule has 1 heterocycles. The number of benzene rings is 1. The highest BCUT2D eigenvalue weighted by Crippen LogP contribution is 2.30. The van der Waals surface area contributed by atoms with E-state index < -0.39 is 0 Å². The summed E-state index contributed by atoms with van der Waals surface area (Å²) < 4.78 is 0. The van der Waals surface area contributed by atoms with E-state index in [0.717, 1.165) is 11.8 Å². The number of aromatic hydroxyl groups is 2. The first-order valence-corrected chi connectivity index (χ1v) is 6.61. The molecule has 0 aliphatic carbocycles. The summed E-state index contributed by atoms with van der Waals surface area (Å²) in [5.41, 5.74) is 0.167. The number of hydrogen-bond donors (Lipinski definition) is 2. The molecule has 0 bridgehead atoms. The number of nitrogens with zero attached hydrogens (tertiary/aromatic N) is 1. The number of alkyl halides is 1. The van der Waals surface area contributed by atoms with E-state index in [0.29, 0.717) is 19.0 Å². The van der Waals surface area contributed by atoms with Crippen molar-refractivity contribution in [1.82, 2.24) is 4.90 Å². The van der Waals surface area contributed by atoms with Crippen LogP contribution in [0.15, 0.2) is 18.2 Å². The van der Waals surface area contributed by atoms with Crippen LogP contribution in [-0.4, -0.2) is 39.4 Å². The van der Waals surface area contributed by atoms with E-state index >= 15 is 0 Å². The number of phenolic OH excluding ortho intramolecular Hbond substituents is 2. The Hall–Kier alpha value is -1.23. The van der Waals surface area contributed by atoms with Crippen molar-refractivity contribution in [3.8, 4) is 11.5 Å². The molecule has 5 heteroatoms. The first-order valence-electron chi connectivity index (χ1n) is 5.49. The van der Waals surface area contributed by atoms with Crippen LogP contribution < -0.4 is 0 Å². The Labute approximate surface area is 108 Å². The normalized spacial score (nSPS) is 19.6. The zero-order valence-electron chi connectivity index (χ0n) is 9.27. The van der Waals surface area contributed by atoms with Gasteiger partial charge in [0.25, 0.3) is 5.91 Å². The number of phenols is 2. The SMILES string of the molecule is O=C(c1cccc(O)c1O)N1CCC(CBr)C1. The number of para-hydroxylation sites is 1. The van der Waals surface area contributed by atoms with Gasteiger partial charge in [0.05, 0.1) is 5.56 Å². The quantitative estimate of drug-likeness (QED) is 0.648. The third-order valence-electron chi connectivity index (χ3n) is 3.04. The van der Waals surface area contributed by atoms with Crippen molar-refractivity contribution in [1.29, 1.82) is 0 Å². The average Bonchev–Trinajstić information content (AvgIpc) is 2.80. The monoisotopic (exact) mass is 299 g/mol. The van der Waals surface area contributed by atoms with Crippen molar-refractivity contribution in [2.45, 2.75) is 6.42 Å². The minimum absolute atomic E-state index is 0.167. The van der Waals surface area contributed by atoms with Gasteiger partial charge < -0.3 is 15.1 Å². The van der Waals surface area contributed by atoms with Crippen LogP contribution in [0.3, 0.4) is 0 Å². The standard InChI is InChI=1S/C12H14BrNO3/c13-6-8-4-5-14(7-8)12(17)9-2-1-3-10(15)11(9)16/h1-3,8,15-16H,4-7H2. The minimum Gasteiger partial charge on any atom is -0.504 e. The molecular weight excluding hydrogens is 286 g/mol. The molecular formula is C12H14BrNO3. The van der Waals surface area contributed by atoms with Gasteiger partial charge in [0, 0.05) is 18.4 Å². The molecule has 1 aliphatic heterocycles. The number of carbonyl (C=O) groups excluding carboxylic acids is 1. The van der Waals surface area contributed by atoms with Gasteiger partial charge in [-0.1, -0.05) is 22.0 Å². The van der Waals surface area contributed by atoms with Crippen molar-refractivity contribution in [3.63, 3.8) is 0 Å². The first-order chi connectivity index (χ1) is 8.13. The third-order valence-corrected chi connectivity index (χ3v) is 3.95. The Kier molecular flexibility index (Phi) is 3.57. The molecule has 1 saturated heterocycles. The Morgan fingerprint density at radius 3 is 2.88 bits per heavy atom. The smallest absolute Gasteiger partial charge is 0.257 e. The average molecular weight is 300 g/mol. The summed E-state index contributed by atoms with van der Waals surface area (Å²) >= 11 is 3.41. The number of rotatable bonds is 2. The number of amides is 1. The van der Waals surface area contributed by atoms with Crippen LogP contribution in [0.4, 0.5) is 0 Å². The van der Waals surface area contributed by atoms with Gasteiger partial charge in [-0.15, -0.1) is 0 Å². The molecule has 1 aliphatic rings. The van der Waals surface area contributed by atoms with E-state index in [2.05, 4.69) is 15.9 Å². The molecule has 0 aromatic heterocycles. The largest absolute Gasteiger partial charge is 0.504 e. The lowest BCUT2D eigenvalue weighted by molar-refractivity contribution is 0.0784. The van der Waals surface area contributed by atoms with Crippen LogP contribution in [0, 0.1) is 5.92 Å². The Morgan fingerprint density at radius 1 is 1.47 bits per heavy atom. The van der Waals surface area contributed by atoms with Gasteiger partial charge in [0.1, 0.15) is 0 Å². The van der Waals surface area contributed by atoms with E-state index in [4.69, 9.17) is 0 Å². The summed E-state index contributed by atoms with van der Waals surface area (Å²) in [7, 11) is 0. The van der Waals surface area contributed by atoms with Crippen LogP contribution in [-0.2, 0) is 0 Å². The number of halogens is 1. The zero-order chi connectivity index (χ0) is 12.4. The van der Waals surface area contributed by atoms with Crippen molar-refractivity contribution < 1.29 is 15.0 Å². The maximum atomic E-state index is 12.1. The fourth-order valence-corrected chi connectivity index (χ4v) is 2.55. The second-order valence-electron chi connectivity index (χ2n) is 4.23. The van der Waals surface area contributed by atoms with Gasteiger partial charge >= 0.3 is 0 Å². The van der Waals surface area contributed by atoms with Crippen LogP contribution in [0.1, 0.15) is 16.8 Å². The van der Waals surface area contributed by atoms with Crippen LogP contribution in [0.5, 0.6) is 11.5 Å². The molecule has 2 N–H and O–H groups in total. The van der Waals surface area contributed by atoms with Gasteiger partial charge in [0.15, 0.2) is 11.5 Å². The van der Waals surface area contributed by atoms with Crippen LogP contribution in [0.2, 0.25) is 0 Å². The van der Waals surface area contributed by atoms with Crippen molar-refractivity contribution >= 4 is 21.8 Å². The van der Waals surface area contributed by atoms with Crippen molar-refractivity contribution in [3.05, 3.63) is 23.8 Å². The highest BCUT2D eigenvalue weighted by molar-refractivity contribution is 9.09. The predicted molar refractivity (Wildman–Crippen MR) is 67.6 cm³/mol. The third kappa shape index (κ3) is 2.39. The lowest BCUT2D eigenvalue weighted by Gasteiger charge is -2.17. The number of likely N-dealkylation sites (tertiary alicyclic amines) is 1. The summed E-state index contributed by atoms with van der Waals surface area (Å²) in [5, 5.41) is 19.9. The number of hydrogen-bond acceptors (Lipinski definition) is 3. The molecule has 1 fully saturated rings. The number of carbonyl (C=O) groups is 1. The molecule has 17 heavy (non-hydrogen) atoms. The zero-order valence-corrected chi connectivity index (χ0v) is 10.9. The minimum atomic E-state index is -0.334. The fraction of sp³-hybridized carbons (Fsp3) is 0.417. The molecule has 0 radical (unpaired) electrons. The Morgan fingerprint density at radius 2 is 2.24 bits per heavy atom. The van der Waals surface area contributed by atoms with Crippen LogP contribution >= 0.6 is 15.9 Å². The highest BCUT2D eigenvalue weighted by atomic mass is 79.9. The molecule has 1 atom stereocenters.